The number of hydrogen-bond acceptors (Lipinski definition) is 3. The van der Waals surface area contributed by atoms with Crippen molar-refractivity contribution in [3.05, 3.63) is 51.7 Å². The molecule has 0 saturated heterocycles. The van der Waals surface area contributed by atoms with E-state index in [-0.39, 0.29) is 0 Å². The standard InChI is InChI=1S/C16H20N2S/c17-15-5-3-13(4-6-15)2-1-9-18-10-7-16-14(12-18)8-11-19-16/h3-6,8,11H,1-2,7,9-10,12,17H2. The minimum absolute atomic E-state index is 0.852. The van der Waals surface area contributed by atoms with Gasteiger partial charge in [0.25, 0.3) is 0 Å². The molecule has 0 unspecified atom stereocenters. The summed E-state index contributed by atoms with van der Waals surface area (Å²) in [6.45, 7) is 3.55. The van der Waals surface area contributed by atoms with Crippen LogP contribution in [0.3, 0.4) is 0 Å². The Morgan fingerprint density at radius 1 is 1.16 bits per heavy atom. The van der Waals surface area contributed by atoms with E-state index >= 15 is 0 Å². The van der Waals surface area contributed by atoms with Crippen LogP contribution in [-0.2, 0) is 19.4 Å². The molecule has 0 radical (unpaired) electrons. The van der Waals surface area contributed by atoms with Gasteiger partial charge in [0, 0.05) is 23.7 Å². The minimum Gasteiger partial charge on any atom is -0.399 e. The van der Waals surface area contributed by atoms with Crippen LogP contribution in [0.1, 0.15) is 22.4 Å². The predicted molar refractivity (Wildman–Crippen MR) is 82.5 cm³/mol. The fraction of sp³-hybridized carbons (Fsp3) is 0.375. The molecule has 3 rings (SSSR count). The Kier molecular flexibility index (Phi) is 3.85. The maximum atomic E-state index is 5.70. The van der Waals surface area contributed by atoms with E-state index in [1.54, 1.807) is 10.4 Å². The monoisotopic (exact) mass is 272 g/mol. The lowest BCUT2D eigenvalue weighted by atomic mass is 10.1. The molecule has 2 nitrogen and oxygen atoms in total. The number of rotatable bonds is 4. The first-order valence-corrected chi connectivity index (χ1v) is 7.81. The first kappa shape index (κ1) is 12.7. The Bertz CT molecular complexity index is 530. The zero-order valence-electron chi connectivity index (χ0n) is 11.1. The fourth-order valence-electron chi connectivity index (χ4n) is 2.69. The molecule has 19 heavy (non-hydrogen) atoms. The van der Waals surface area contributed by atoms with Crippen LogP contribution >= 0.6 is 11.3 Å². The summed E-state index contributed by atoms with van der Waals surface area (Å²) in [6, 6.07) is 10.6. The van der Waals surface area contributed by atoms with Crippen molar-refractivity contribution in [3.63, 3.8) is 0 Å². The molecule has 2 aromatic rings. The normalized spacial score (nSPS) is 15.4. The van der Waals surface area contributed by atoms with Crippen LogP contribution in [0.15, 0.2) is 35.7 Å². The zero-order chi connectivity index (χ0) is 13.1. The lowest BCUT2D eigenvalue weighted by Gasteiger charge is -2.26. The van der Waals surface area contributed by atoms with Gasteiger partial charge in [-0.25, -0.2) is 0 Å². The first-order chi connectivity index (χ1) is 9.31. The third-order valence-electron chi connectivity index (χ3n) is 3.81. The number of nitrogens with zero attached hydrogens (tertiary/aromatic N) is 1. The Labute approximate surface area is 118 Å². The van der Waals surface area contributed by atoms with Crippen molar-refractivity contribution in [2.24, 2.45) is 0 Å². The maximum absolute atomic E-state index is 5.70. The van der Waals surface area contributed by atoms with E-state index in [0.717, 1.165) is 18.7 Å². The number of aryl methyl sites for hydroxylation is 1. The molecule has 0 atom stereocenters. The predicted octanol–water partition coefficient (Wildman–Crippen LogP) is 3.32. The van der Waals surface area contributed by atoms with Crippen molar-refractivity contribution in [1.82, 2.24) is 4.90 Å². The molecule has 0 aliphatic carbocycles. The van der Waals surface area contributed by atoms with Crippen molar-refractivity contribution in [3.8, 4) is 0 Å². The summed E-state index contributed by atoms with van der Waals surface area (Å²) in [5.41, 5.74) is 9.49. The second-order valence-electron chi connectivity index (χ2n) is 5.24. The SMILES string of the molecule is Nc1ccc(CCCN2CCc3sccc3C2)cc1. The summed E-state index contributed by atoms with van der Waals surface area (Å²) >= 11 is 1.91. The molecule has 0 spiro atoms. The van der Waals surface area contributed by atoms with E-state index in [9.17, 15) is 0 Å². The molecule has 1 aromatic carbocycles. The number of hydrogen-bond donors (Lipinski definition) is 1. The quantitative estimate of drug-likeness (QED) is 0.865. The first-order valence-electron chi connectivity index (χ1n) is 6.93. The number of anilines is 1. The molecule has 0 fully saturated rings. The van der Waals surface area contributed by atoms with Crippen molar-refractivity contribution in [1.29, 1.82) is 0 Å². The van der Waals surface area contributed by atoms with Crippen LogP contribution in [0.5, 0.6) is 0 Å². The topological polar surface area (TPSA) is 29.3 Å². The van der Waals surface area contributed by atoms with Crippen molar-refractivity contribution >= 4 is 17.0 Å². The van der Waals surface area contributed by atoms with Gasteiger partial charge in [0.2, 0.25) is 0 Å². The van der Waals surface area contributed by atoms with Crippen molar-refractivity contribution in [2.45, 2.75) is 25.8 Å². The van der Waals surface area contributed by atoms with Gasteiger partial charge in [-0.05, 0) is 60.5 Å². The molecule has 2 N–H and O–H groups in total. The van der Waals surface area contributed by atoms with E-state index in [2.05, 4.69) is 28.5 Å². The molecule has 1 aromatic heterocycles. The maximum Gasteiger partial charge on any atom is 0.0314 e. The Morgan fingerprint density at radius 3 is 2.84 bits per heavy atom. The van der Waals surface area contributed by atoms with Gasteiger partial charge in [-0.2, -0.15) is 0 Å². The van der Waals surface area contributed by atoms with Crippen LogP contribution in [0.25, 0.3) is 0 Å². The van der Waals surface area contributed by atoms with Crippen molar-refractivity contribution in [2.75, 3.05) is 18.8 Å². The van der Waals surface area contributed by atoms with Gasteiger partial charge >= 0.3 is 0 Å². The van der Waals surface area contributed by atoms with Crippen LogP contribution in [0.2, 0.25) is 0 Å². The van der Waals surface area contributed by atoms with Gasteiger partial charge in [0.1, 0.15) is 0 Å². The van der Waals surface area contributed by atoms with E-state index < -0.39 is 0 Å². The third kappa shape index (κ3) is 3.17. The number of nitrogen functional groups attached to an aromatic ring is 1. The van der Waals surface area contributed by atoms with Gasteiger partial charge < -0.3 is 5.73 Å². The summed E-state index contributed by atoms with van der Waals surface area (Å²) in [7, 11) is 0. The zero-order valence-corrected chi connectivity index (χ0v) is 12.0. The Hall–Kier alpha value is -1.32. The molecule has 0 bridgehead atoms. The molecule has 1 aliphatic rings. The number of thiophene rings is 1. The summed E-state index contributed by atoms with van der Waals surface area (Å²) in [5.74, 6) is 0. The van der Waals surface area contributed by atoms with Gasteiger partial charge in [0.05, 0.1) is 0 Å². The molecule has 100 valence electrons. The minimum atomic E-state index is 0.852. The third-order valence-corrected chi connectivity index (χ3v) is 4.83. The molecular weight excluding hydrogens is 252 g/mol. The summed E-state index contributed by atoms with van der Waals surface area (Å²) < 4.78 is 0. The average Bonchev–Trinajstić information content (AvgIpc) is 2.88. The highest BCUT2D eigenvalue weighted by Crippen LogP contribution is 2.24. The van der Waals surface area contributed by atoms with Crippen molar-refractivity contribution < 1.29 is 0 Å². The Morgan fingerprint density at radius 2 is 2.00 bits per heavy atom. The second-order valence-corrected chi connectivity index (χ2v) is 6.24. The highest BCUT2D eigenvalue weighted by Gasteiger charge is 2.16. The molecule has 0 saturated carbocycles. The molecule has 3 heteroatoms. The van der Waals surface area contributed by atoms with Crippen LogP contribution in [-0.4, -0.2) is 18.0 Å². The smallest absolute Gasteiger partial charge is 0.0314 e. The van der Waals surface area contributed by atoms with E-state index in [1.807, 2.05) is 23.5 Å². The average molecular weight is 272 g/mol. The number of nitrogens with two attached hydrogens (primary N) is 1. The highest BCUT2D eigenvalue weighted by atomic mass is 32.1. The molecule has 0 amide bonds. The van der Waals surface area contributed by atoms with E-state index in [4.69, 9.17) is 5.73 Å². The highest BCUT2D eigenvalue weighted by molar-refractivity contribution is 7.10. The number of fused-ring (bicyclic) bond motifs is 1. The van der Waals surface area contributed by atoms with E-state index in [0.29, 0.717) is 0 Å². The van der Waals surface area contributed by atoms with Gasteiger partial charge in [-0.3, -0.25) is 4.90 Å². The lowest BCUT2D eigenvalue weighted by molar-refractivity contribution is 0.253. The summed E-state index contributed by atoms with van der Waals surface area (Å²) in [5, 5.41) is 2.22. The number of benzene rings is 1. The second kappa shape index (κ2) is 5.76. The molecule has 1 aliphatic heterocycles. The van der Waals surface area contributed by atoms with E-state index in [1.165, 1.54) is 31.5 Å². The fourth-order valence-corrected chi connectivity index (χ4v) is 3.58. The van der Waals surface area contributed by atoms with Gasteiger partial charge in [-0.1, -0.05) is 12.1 Å². The van der Waals surface area contributed by atoms with Crippen LogP contribution < -0.4 is 5.73 Å². The van der Waals surface area contributed by atoms with Crippen LogP contribution in [0, 0.1) is 0 Å². The summed E-state index contributed by atoms with van der Waals surface area (Å²) in [6.07, 6.45) is 3.60. The largest absolute Gasteiger partial charge is 0.399 e. The lowest BCUT2D eigenvalue weighted by Crippen LogP contribution is -2.30. The van der Waals surface area contributed by atoms with Gasteiger partial charge in [-0.15, -0.1) is 11.3 Å². The Balaban J connectivity index is 1.47. The van der Waals surface area contributed by atoms with Crippen LogP contribution in [0.4, 0.5) is 5.69 Å². The summed E-state index contributed by atoms with van der Waals surface area (Å²) in [4.78, 5) is 4.17. The van der Waals surface area contributed by atoms with Gasteiger partial charge in [0.15, 0.2) is 0 Å². The molecular formula is C16H20N2S. The molecule has 2 heterocycles.